The van der Waals surface area contributed by atoms with Crippen molar-refractivity contribution in [3.8, 4) is 5.75 Å². The maximum absolute atomic E-state index is 12.2. The van der Waals surface area contributed by atoms with Gasteiger partial charge in [0.05, 0.1) is 24.7 Å². The van der Waals surface area contributed by atoms with Crippen LogP contribution in [0, 0.1) is 0 Å². The Labute approximate surface area is 185 Å². The molecule has 0 radical (unpaired) electrons. The summed E-state index contributed by atoms with van der Waals surface area (Å²) in [4.78, 5) is 16.9. The summed E-state index contributed by atoms with van der Waals surface area (Å²) in [5, 5.41) is 10.0. The number of amides is 1. The molecule has 0 saturated heterocycles. The number of benzene rings is 2. The van der Waals surface area contributed by atoms with Crippen LogP contribution < -0.4 is 20.7 Å². The number of allylic oxidation sites excluding steroid dienone is 2. The van der Waals surface area contributed by atoms with Crippen LogP contribution in [0.5, 0.6) is 5.75 Å². The van der Waals surface area contributed by atoms with Crippen molar-refractivity contribution in [3.05, 3.63) is 76.1 Å². The lowest BCUT2D eigenvalue weighted by Gasteiger charge is -2.20. The number of carbonyl (C=O) groups is 1. The highest BCUT2D eigenvalue weighted by atomic mass is 35.5. The molecule has 1 aliphatic heterocycles. The second-order valence-electron chi connectivity index (χ2n) is 7.23. The molecule has 1 aromatic heterocycles. The normalized spacial score (nSPS) is 13.6. The third-order valence-electron chi connectivity index (χ3n) is 5.31. The van der Waals surface area contributed by atoms with Gasteiger partial charge in [0, 0.05) is 30.8 Å². The van der Waals surface area contributed by atoms with Crippen LogP contribution in [-0.4, -0.2) is 36.2 Å². The fourth-order valence-corrected chi connectivity index (χ4v) is 3.77. The predicted octanol–water partition coefficient (Wildman–Crippen LogP) is 3.53. The minimum absolute atomic E-state index is 0.112. The Hall–Kier alpha value is -3.45. The molecular weight excluding hydrogens is 414 g/mol. The zero-order valence-corrected chi connectivity index (χ0v) is 18.4. The topological polar surface area (TPSA) is 80.2 Å². The summed E-state index contributed by atoms with van der Waals surface area (Å²) >= 11 is 6.51. The highest BCUT2D eigenvalue weighted by Crippen LogP contribution is 2.26. The number of methoxy groups -OCH3 is 1. The molecule has 4 rings (SSSR count). The SMILES string of the molecule is CNC(=O)c1ccccc1CC1=C(Cl)CNC(Nc2nc3ccc(OC)cc3n2C)=C1. The Morgan fingerprint density at radius 1 is 1.29 bits per heavy atom. The van der Waals surface area contributed by atoms with Crippen LogP contribution in [0.1, 0.15) is 15.9 Å². The molecule has 3 aromatic rings. The number of carbonyl (C=O) groups excluding carboxylic acids is 1. The van der Waals surface area contributed by atoms with E-state index >= 15 is 0 Å². The molecule has 1 aliphatic rings. The van der Waals surface area contributed by atoms with Crippen LogP contribution in [0.15, 0.2) is 65.0 Å². The van der Waals surface area contributed by atoms with E-state index in [4.69, 9.17) is 16.3 Å². The molecule has 0 aliphatic carbocycles. The molecule has 0 bridgehead atoms. The quantitative estimate of drug-likeness (QED) is 0.549. The van der Waals surface area contributed by atoms with Crippen LogP contribution in [0.3, 0.4) is 0 Å². The fraction of sp³-hybridized carbons (Fsp3) is 0.217. The maximum Gasteiger partial charge on any atom is 0.251 e. The van der Waals surface area contributed by atoms with Crippen molar-refractivity contribution in [1.82, 2.24) is 20.2 Å². The number of hydrogen-bond donors (Lipinski definition) is 3. The van der Waals surface area contributed by atoms with Crippen LogP contribution in [0.2, 0.25) is 0 Å². The number of halogens is 1. The van der Waals surface area contributed by atoms with Gasteiger partial charge >= 0.3 is 0 Å². The van der Waals surface area contributed by atoms with Crippen molar-refractivity contribution in [1.29, 1.82) is 0 Å². The molecular formula is C23H24ClN5O2. The van der Waals surface area contributed by atoms with Gasteiger partial charge in [0.15, 0.2) is 0 Å². The van der Waals surface area contributed by atoms with Crippen LogP contribution in [0.25, 0.3) is 11.0 Å². The van der Waals surface area contributed by atoms with Crippen molar-refractivity contribution in [2.45, 2.75) is 6.42 Å². The molecule has 2 heterocycles. The number of ether oxygens (including phenoxy) is 1. The molecule has 3 N–H and O–H groups in total. The lowest BCUT2D eigenvalue weighted by atomic mass is 9.98. The Balaban J connectivity index is 1.60. The van der Waals surface area contributed by atoms with Crippen LogP contribution >= 0.6 is 11.6 Å². The second kappa shape index (κ2) is 8.73. The van der Waals surface area contributed by atoms with E-state index in [0.717, 1.165) is 33.7 Å². The minimum atomic E-state index is -0.112. The van der Waals surface area contributed by atoms with Crippen LogP contribution in [-0.2, 0) is 13.5 Å². The van der Waals surface area contributed by atoms with Gasteiger partial charge in [-0.2, -0.15) is 0 Å². The van der Waals surface area contributed by atoms with E-state index in [2.05, 4.69) is 20.9 Å². The second-order valence-corrected chi connectivity index (χ2v) is 7.69. The average molecular weight is 438 g/mol. The molecule has 0 fully saturated rings. The van der Waals surface area contributed by atoms with E-state index in [0.29, 0.717) is 29.5 Å². The Kier molecular flexibility index (Phi) is 5.86. The summed E-state index contributed by atoms with van der Waals surface area (Å²) in [6.07, 6.45) is 2.52. The first-order valence-corrected chi connectivity index (χ1v) is 10.3. The number of aromatic nitrogens is 2. The molecule has 0 atom stereocenters. The smallest absolute Gasteiger partial charge is 0.251 e. The fourth-order valence-electron chi connectivity index (χ4n) is 3.58. The van der Waals surface area contributed by atoms with E-state index in [9.17, 15) is 4.79 Å². The molecule has 0 unspecified atom stereocenters. The van der Waals surface area contributed by atoms with Crippen molar-refractivity contribution < 1.29 is 9.53 Å². The summed E-state index contributed by atoms with van der Waals surface area (Å²) in [6.45, 7) is 0.496. The molecule has 2 aromatic carbocycles. The highest BCUT2D eigenvalue weighted by Gasteiger charge is 2.17. The van der Waals surface area contributed by atoms with Gasteiger partial charge in [-0.15, -0.1) is 0 Å². The maximum atomic E-state index is 12.2. The van der Waals surface area contributed by atoms with E-state index in [1.54, 1.807) is 14.2 Å². The van der Waals surface area contributed by atoms with E-state index < -0.39 is 0 Å². The summed E-state index contributed by atoms with van der Waals surface area (Å²) in [6, 6.07) is 13.3. The third-order valence-corrected chi connectivity index (χ3v) is 5.68. The lowest BCUT2D eigenvalue weighted by molar-refractivity contribution is 0.0962. The molecule has 1 amide bonds. The Morgan fingerprint density at radius 2 is 2.10 bits per heavy atom. The molecule has 31 heavy (non-hydrogen) atoms. The first-order valence-electron chi connectivity index (χ1n) is 9.90. The number of anilines is 1. The summed E-state index contributed by atoms with van der Waals surface area (Å²) in [5.41, 5.74) is 4.34. The third kappa shape index (κ3) is 4.22. The van der Waals surface area contributed by atoms with Gasteiger partial charge in [0.2, 0.25) is 5.95 Å². The Morgan fingerprint density at radius 3 is 2.87 bits per heavy atom. The number of fused-ring (bicyclic) bond motifs is 1. The molecule has 0 saturated carbocycles. The zero-order valence-electron chi connectivity index (χ0n) is 17.6. The van der Waals surface area contributed by atoms with Gasteiger partial charge in [0.1, 0.15) is 11.6 Å². The first-order chi connectivity index (χ1) is 15.0. The standard InChI is InChI=1S/C23H24ClN5O2/c1-25-22(30)17-7-5-4-6-14(17)10-15-11-21(26-13-18(15)24)28-23-27-19-9-8-16(31-3)12-20(19)29(23)2/h4-9,11-12,26H,10,13H2,1-3H3,(H,25,30)(H,27,28). The van der Waals surface area contributed by atoms with Crippen molar-refractivity contribution in [2.75, 3.05) is 26.0 Å². The highest BCUT2D eigenvalue weighted by molar-refractivity contribution is 6.30. The van der Waals surface area contributed by atoms with Crippen molar-refractivity contribution in [2.24, 2.45) is 7.05 Å². The lowest BCUT2D eigenvalue weighted by Crippen LogP contribution is -2.26. The molecule has 0 spiro atoms. The molecule has 7 nitrogen and oxygen atoms in total. The Bertz CT molecular complexity index is 1210. The number of nitrogens with one attached hydrogen (secondary N) is 3. The van der Waals surface area contributed by atoms with Gasteiger partial charge in [-0.05, 0) is 41.8 Å². The number of hydrogen-bond acceptors (Lipinski definition) is 5. The minimum Gasteiger partial charge on any atom is -0.497 e. The number of imidazole rings is 1. The molecule has 160 valence electrons. The predicted molar refractivity (Wildman–Crippen MR) is 123 cm³/mol. The summed E-state index contributed by atoms with van der Waals surface area (Å²) in [7, 11) is 5.22. The van der Waals surface area contributed by atoms with Gasteiger partial charge in [-0.1, -0.05) is 29.8 Å². The molecule has 8 heteroatoms. The van der Waals surface area contributed by atoms with Gasteiger partial charge < -0.3 is 25.3 Å². The van der Waals surface area contributed by atoms with Crippen molar-refractivity contribution in [3.63, 3.8) is 0 Å². The monoisotopic (exact) mass is 437 g/mol. The van der Waals surface area contributed by atoms with Gasteiger partial charge in [-0.25, -0.2) is 4.98 Å². The summed E-state index contributed by atoms with van der Waals surface area (Å²) in [5.74, 6) is 2.16. The van der Waals surface area contributed by atoms with E-state index in [-0.39, 0.29) is 5.91 Å². The first kappa shape index (κ1) is 20.8. The van der Waals surface area contributed by atoms with E-state index in [1.807, 2.05) is 60.2 Å². The number of aryl methyl sites for hydroxylation is 1. The van der Waals surface area contributed by atoms with E-state index in [1.165, 1.54) is 0 Å². The number of dihydropyridines is 1. The average Bonchev–Trinajstić information content (AvgIpc) is 3.10. The zero-order chi connectivity index (χ0) is 22.0. The number of rotatable bonds is 6. The van der Waals surface area contributed by atoms with Gasteiger partial charge in [0.25, 0.3) is 5.91 Å². The largest absolute Gasteiger partial charge is 0.497 e. The van der Waals surface area contributed by atoms with Crippen LogP contribution in [0.4, 0.5) is 5.95 Å². The number of nitrogens with zero attached hydrogens (tertiary/aromatic N) is 2. The van der Waals surface area contributed by atoms with Crippen molar-refractivity contribution >= 4 is 34.5 Å². The summed E-state index contributed by atoms with van der Waals surface area (Å²) < 4.78 is 7.29. The van der Waals surface area contributed by atoms with Gasteiger partial charge in [-0.3, -0.25) is 4.79 Å².